The Bertz CT molecular complexity index is 3140. The van der Waals surface area contributed by atoms with Gasteiger partial charge in [0, 0.05) is 75.5 Å². The third-order valence-corrected chi connectivity index (χ3v) is 19.5. The lowest BCUT2D eigenvalue weighted by Gasteiger charge is -2.37. The minimum atomic E-state index is -0.507. The Morgan fingerprint density at radius 3 is 2.55 bits per heavy atom. The van der Waals surface area contributed by atoms with Crippen LogP contribution in [0.25, 0.3) is 33.1 Å². The van der Waals surface area contributed by atoms with Gasteiger partial charge >= 0.3 is 12.1 Å². The van der Waals surface area contributed by atoms with Crippen molar-refractivity contribution in [3.05, 3.63) is 58.7 Å². The second-order valence-electron chi connectivity index (χ2n) is 24.0. The molecule has 414 valence electrons. The summed E-state index contributed by atoms with van der Waals surface area (Å²) in [4.78, 5) is 62.4. The summed E-state index contributed by atoms with van der Waals surface area (Å²) in [5.74, 6) is 0.869. The van der Waals surface area contributed by atoms with Crippen molar-refractivity contribution in [3.63, 3.8) is 0 Å². The van der Waals surface area contributed by atoms with Crippen LogP contribution < -0.4 is 19.9 Å². The van der Waals surface area contributed by atoms with Crippen LogP contribution in [0.15, 0.2) is 30.3 Å². The minimum Gasteiger partial charge on any atom is -0.508 e. The maximum Gasteiger partial charge on any atom is 0.409 e. The van der Waals surface area contributed by atoms with E-state index < -0.39 is 11.7 Å². The summed E-state index contributed by atoms with van der Waals surface area (Å²) in [6.45, 7) is 9.10. The van der Waals surface area contributed by atoms with Crippen molar-refractivity contribution in [3.8, 4) is 23.0 Å². The number of pyridine rings is 1. The molecule has 6 fully saturated rings. The number of ether oxygens (including phenoxy) is 3. The van der Waals surface area contributed by atoms with Crippen LogP contribution in [-0.4, -0.2) is 141 Å². The normalized spacial score (nSPS) is 26.2. The number of halogens is 1. The molecule has 0 saturated carbocycles. The van der Waals surface area contributed by atoms with Crippen LogP contribution in [0.4, 0.5) is 20.7 Å². The number of carbonyl (C=O) groups is 3. The molecule has 5 atom stereocenters. The van der Waals surface area contributed by atoms with Gasteiger partial charge in [-0.25, -0.2) is 14.2 Å². The van der Waals surface area contributed by atoms with E-state index in [9.17, 15) is 19.5 Å². The van der Waals surface area contributed by atoms with Gasteiger partial charge in [-0.1, -0.05) is 6.92 Å². The van der Waals surface area contributed by atoms with E-state index in [1.54, 1.807) is 6.07 Å². The Kier molecular flexibility index (Phi) is 13.9. The van der Waals surface area contributed by atoms with Crippen molar-refractivity contribution in [1.29, 1.82) is 0 Å². The number of fused-ring (bicyclic) bond motifs is 5. The summed E-state index contributed by atoms with van der Waals surface area (Å²) < 4.78 is 38.4. The van der Waals surface area contributed by atoms with Gasteiger partial charge in [0.25, 0.3) is 0 Å². The first-order valence-corrected chi connectivity index (χ1v) is 29.5. The summed E-state index contributed by atoms with van der Waals surface area (Å²) in [5.41, 5.74) is 6.69. The smallest absolute Gasteiger partial charge is 0.409 e. The van der Waals surface area contributed by atoms with Gasteiger partial charge in [-0.3, -0.25) is 24.5 Å². The average molecular weight is 1070 g/mol. The molecule has 78 heavy (non-hydrogen) atoms. The fraction of sp³-hybridized carbons (Fsp3) is 0.617. The largest absolute Gasteiger partial charge is 0.508 e. The Labute approximate surface area is 455 Å². The quantitative estimate of drug-likeness (QED) is 0.120. The van der Waals surface area contributed by atoms with Gasteiger partial charge in [-0.05, 0) is 175 Å². The van der Waals surface area contributed by atoms with Crippen molar-refractivity contribution < 1.29 is 38.1 Å². The first kappa shape index (κ1) is 51.3. The number of nitrogens with one attached hydrogen (secondary N) is 1. The Morgan fingerprint density at radius 2 is 1.73 bits per heavy atom. The molecule has 13 rings (SSSR count). The molecule has 0 radical (unpaired) electrons. The SMILES string of the molecule is CC[C@H]1CCCc2cc(O)cc(-c3nc4c5c(nc(OC[C@@]67CCCN6[C@H](COC(=O)N6CCC(CC8CCN(c9ccc%10c(C%11CCC(=O)NC%11=O)nn(C)c%10c9)CC8)CC6)CC7)nc5c3F)N3CCCOC[C@@H]3CC4)c21. The highest BCUT2D eigenvalue weighted by molar-refractivity contribution is 6.03. The number of carbonyl (C=O) groups excluding carboxylic acids is 3. The number of benzene rings is 2. The van der Waals surface area contributed by atoms with Crippen molar-refractivity contribution >= 4 is 51.2 Å². The molecule has 2 aromatic carbocycles. The van der Waals surface area contributed by atoms with E-state index in [2.05, 4.69) is 45.1 Å². The van der Waals surface area contributed by atoms with Crippen molar-refractivity contribution in [1.82, 2.24) is 39.8 Å². The maximum absolute atomic E-state index is 17.6. The molecule has 1 aliphatic carbocycles. The zero-order chi connectivity index (χ0) is 53.2. The number of phenolic OH excluding ortho intramolecular Hbond substituents is 1. The number of piperidine rings is 3. The zero-order valence-electron chi connectivity index (χ0n) is 45.4. The molecule has 0 bridgehead atoms. The number of amides is 3. The lowest BCUT2D eigenvalue weighted by Crippen LogP contribution is -2.48. The molecule has 18 heteroatoms. The highest BCUT2D eigenvalue weighted by Crippen LogP contribution is 2.47. The molecular formula is C60H75FN10O7. The van der Waals surface area contributed by atoms with Gasteiger partial charge in [-0.15, -0.1) is 0 Å². The van der Waals surface area contributed by atoms with Crippen LogP contribution in [0.3, 0.4) is 0 Å². The van der Waals surface area contributed by atoms with Crippen molar-refractivity contribution in [2.75, 3.05) is 75.5 Å². The molecule has 2 N–H and O–H groups in total. The minimum absolute atomic E-state index is 0.0512. The first-order chi connectivity index (χ1) is 38.0. The van der Waals surface area contributed by atoms with Gasteiger partial charge in [0.1, 0.15) is 36.0 Å². The number of nitrogens with zero attached hydrogens (tertiary/aromatic N) is 9. The second kappa shape index (κ2) is 21.2. The van der Waals surface area contributed by atoms with E-state index in [-0.39, 0.29) is 64.4 Å². The summed E-state index contributed by atoms with van der Waals surface area (Å²) in [5, 5.41) is 19.8. The molecular weight excluding hydrogens is 992 g/mol. The van der Waals surface area contributed by atoms with Crippen LogP contribution in [0.1, 0.15) is 144 Å². The lowest BCUT2D eigenvalue weighted by molar-refractivity contribution is -0.134. The number of hydrogen-bond acceptors (Lipinski definition) is 14. The standard InChI is InChI=1S/C60H75FN10O7/c1-3-38-7-4-8-39-30-43(72)32-46(50(38)39)54-52(61)55-51-47(62-54)13-10-41-33-76-28-6-22-70(41)56(51)65-58(64-55)78-35-60-20-5-23-71(60)42(15-21-60)34-77-59(75)69-26-18-37(19-27-69)29-36-16-24-68(25-17-36)40-9-11-44-48(31-40)67(2)66-53(44)45-12-14-49(73)63-57(45)74/h9,11,30-32,36-38,41-42,45,72H,3-8,10,12-29,33-35H2,1-2H3,(H,63,73,74)/t38-,41-,42-,45?,60-/m0/s1. The Hall–Kier alpha value is -6.14. The van der Waals surface area contributed by atoms with E-state index in [1.165, 1.54) is 12.1 Å². The first-order valence-electron chi connectivity index (χ1n) is 29.5. The van der Waals surface area contributed by atoms with Gasteiger partial charge in [0.05, 0.1) is 46.4 Å². The molecule has 17 nitrogen and oxygen atoms in total. The highest BCUT2D eigenvalue weighted by atomic mass is 19.1. The Morgan fingerprint density at radius 1 is 0.897 bits per heavy atom. The van der Waals surface area contributed by atoms with Gasteiger partial charge in [0.2, 0.25) is 11.8 Å². The van der Waals surface area contributed by atoms with Crippen molar-refractivity contribution in [2.24, 2.45) is 18.9 Å². The topological polar surface area (TPSA) is 181 Å². The number of phenols is 1. The summed E-state index contributed by atoms with van der Waals surface area (Å²) in [6, 6.07) is 10.3. The third-order valence-electron chi connectivity index (χ3n) is 19.5. The molecule has 3 amide bonds. The number of aryl methyl sites for hydroxylation is 3. The average Bonchev–Trinajstić information content (AvgIpc) is 4.20. The van der Waals surface area contributed by atoms with E-state index in [0.717, 1.165) is 149 Å². The zero-order valence-corrected chi connectivity index (χ0v) is 45.4. The van der Waals surface area contributed by atoms with Crippen LogP contribution in [-0.2, 0) is 39.0 Å². The molecule has 6 saturated heterocycles. The monoisotopic (exact) mass is 1070 g/mol. The lowest BCUT2D eigenvalue weighted by atomic mass is 9.78. The molecule has 1 unspecified atom stereocenters. The number of likely N-dealkylation sites (tertiary alicyclic amines) is 1. The molecule has 5 aromatic rings. The summed E-state index contributed by atoms with van der Waals surface area (Å²) in [7, 11) is 1.92. The molecule has 7 aliphatic heterocycles. The third kappa shape index (κ3) is 9.49. The number of aromatic hydroxyl groups is 1. The molecule has 10 heterocycles. The van der Waals surface area contributed by atoms with E-state index >= 15 is 4.39 Å². The van der Waals surface area contributed by atoms with Crippen LogP contribution in [0.5, 0.6) is 11.8 Å². The van der Waals surface area contributed by atoms with Gasteiger partial charge in [0.15, 0.2) is 5.82 Å². The number of rotatable bonds is 11. The van der Waals surface area contributed by atoms with E-state index in [1.807, 2.05) is 22.7 Å². The van der Waals surface area contributed by atoms with E-state index in [4.69, 9.17) is 34.3 Å². The molecule has 0 spiro atoms. The molecule has 3 aromatic heterocycles. The predicted molar refractivity (Wildman–Crippen MR) is 293 cm³/mol. The number of imide groups is 1. The fourth-order valence-corrected chi connectivity index (χ4v) is 15.3. The molecule has 8 aliphatic rings. The highest BCUT2D eigenvalue weighted by Gasteiger charge is 2.50. The fourth-order valence-electron chi connectivity index (χ4n) is 15.3. The number of aromatic nitrogens is 5. The predicted octanol–water partition coefficient (Wildman–Crippen LogP) is 8.85. The maximum atomic E-state index is 17.6. The number of hydrogen-bond donors (Lipinski definition) is 2. The summed E-state index contributed by atoms with van der Waals surface area (Å²) in [6.07, 6.45) is 15.8. The van der Waals surface area contributed by atoms with Gasteiger partial charge < -0.3 is 34.0 Å². The second-order valence-corrected chi connectivity index (χ2v) is 24.0. The van der Waals surface area contributed by atoms with Crippen LogP contribution in [0, 0.1) is 17.7 Å². The summed E-state index contributed by atoms with van der Waals surface area (Å²) >= 11 is 0. The van der Waals surface area contributed by atoms with Crippen LogP contribution >= 0.6 is 0 Å². The Balaban J connectivity index is 0.631. The van der Waals surface area contributed by atoms with Crippen LogP contribution in [0.2, 0.25) is 0 Å². The van der Waals surface area contributed by atoms with Gasteiger partial charge in [-0.2, -0.15) is 15.1 Å². The van der Waals surface area contributed by atoms with Crippen molar-refractivity contribution in [2.45, 2.75) is 152 Å². The van der Waals surface area contributed by atoms with E-state index in [0.29, 0.717) is 87.4 Å². The number of anilines is 2.